The van der Waals surface area contributed by atoms with E-state index in [0.717, 1.165) is 5.19 Å². The zero-order valence-corrected chi connectivity index (χ0v) is 5.90. The van der Waals surface area contributed by atoms with E-state index in [9.17, 15) is 4.46 Å². The van der Waals surface area contributed by atoms with Crippen molar-refractivity contribution in [2.24, 2.45) is 0 Å². The SMILES string of the molecule is O=[SiH]c1ccc(O)cc1. The lowest BCUT2D eigenvalue weighted by atomic mass is 10.3. The first kappa shape index (κ1) is 6.16. The van der Waals surface area contributed by atoms with Gasteiger partial charge in [-0.15, -0.1) is 0 Å². The zero-order chi connectivity index (χ0) is 6.69. The molecule has 0 heterocycles. The van der Waals surface area contributed by atoms with Gasteiger partial charge < -0.3 is 9.57 Å². The van der Waals surface area contributed by atoms with Crippen LogP contribution in [0, 0.1) is 0 Å². The molecule has 0 fully saturated rings. The number of hydrogen-bond donors (Lipinski definition) is 1. The molecule has 0 bridgehead atoms. The van der Waals surface area contributed by atoms with Gasteiger partial charge in [0.15, 0.2) is 0 Å². The fraction of sp³-hybridized carbons (Fsp3) is 0. The molecule has 1 aromatic carbocycles. The number of benzene rings is 1. The van der Waals surface area contributed by atoms with Crippen molar-refractivity contribution in [2.75, 3.05) is 0 Å². The molecule has 1 aromatic rings. The molecular weight excluding hydrogens is 132 g/mol. The van der Waals surface area contributed by atoms with Gasteiger partial charge in [-0.3, -0.25) is 0 Å². The second-order valence-corrected chi connectivity index (χ2v) is 2.61. The van der Waals surface area contributed by atoms with Crippen LogP contribution in [0.1, 0.15) is 0 Å². The molecule has 46 valence electrons. The van der Waals surface area contributed by atoms with Crippen LogP contribution in [0.4, 0.5) is 0 Å². The van der Waals surface area contributed by atoms with Gasteiger partial charge in [0.1, 0.15) is 5.75 Å². The number of phenolic OH excluding ortho intramolecular Hbond substituents is 1. The molecule has 0 saturated heterocycles. The lowest BCUT2D eigenvalue weighted by Crippen LogP contribution is -2.03. The Morgan fingerprint density at radius 3 is 2.22 bits per heavy atom. The van der Waals surface area contributed by atoms with E-state index in [-0.39, 0.29) is 5.75 Å². The monoisotopic (exact) mass is 138 g/mol. The van der Waals surface area contributed by atoms with Gasteiger partial charge in [-0.2, -0.15) is 0 Å². The van der Waals surface area contributed by atoms with E-state index in [1.807, 2.05) is 0 Å². The van der Waals surface area contributed by atoms with Crippen molar-refractivity contribution in [3.8, 4) is 5.75 Å². The largest absolute Gasteiger partial charge is 0.508 e. The fourth-order valence-corrected chi connectivity index (χ4v) is 0.902. The van der Waals surface area contributed by atoms with Gasteiger partial charge in [-0.1, -0.05) is 12.1 Å². The maximum absolute atomic E-state index is 10.2. The summed E-state index contributed by atoms with van der Waals surface area (Å²) in [4.78, 5) is 0. The molecular formula is C6H6O2Si. The Hall–Kier alpha value is -0.963. The Balaban J connectivity index is 3.01. The summed E-state index contributed by atoms with van der Waals surface area (Å²) >= 11 is 0. The summed E-state index contributed by atoms with van der Waals surface area (Å²) in [6.07, 6.45) is 0. The Morgan fingerprint density at radius 1 is 1.22 bits per heavy atom. The molecule has 1 N–H and O–H groups in total. The van der Waals surface area contributed by atoms with E-state index in [4.69, 9.17) is 5.11 Å². The molecule has 0 aliphatic rings. The van der Waals surface area contributed by atoms with Crippen LogP contribution < -0.4 is 5.19 Å². The van der Waals surface area contributed by atoms with Crippen molar-refractivity contribution in [3.63, 3.8) is 0 Å². The molecule has 0 atom stereocenters. The molecule has 9 heavy (non-hydrogen) atoms. The van der Waals surface area contributed by atoms with Crippen LogP contribution >= 0.6 is 0 Å². The average molecular weight is 138 g/mol. The normalized spacial score (nSPS) is 8.89. The summed E-state index contributed by atoms with van der Waals surface area (Å²) in [6.45, 7) is 0. The van der Waals surface area contributed by atoms with Gasteiger partial charge in [0.2, 0.25) is 0 Å². The van der Waals surface area contributed by atoms with Crippen molar-refractivity contribution < 1.29 is 9.57 Å². The number of aromatic hydroxyl groups is 1. The summed E-state index contributed by atoms with van der Waals surface area (Å²) < 4.78 is 10.2. The van der Waals surface area contributed by atoms with Crippen molar-refractivity contribution >= 4 is 14.6 Å². The highest BCUT2D eigenvalue weighted by atomic mass is 28.2. The molecule has 0 spiro atoms. The molecule has 2 nitrogen and oxygen atoms in total. The van der Waals surface area contributed by atoms with E-state index in [0.29, 0.717) is 0 Å². The van der Waals surface area contributed by atoms with Crippen molar-refractivity contribution in [1.82, 2.24) is 0 Å². The maximum Gasteiger partial charge on any atom is 0.296 e. The van der Waals surface area contributed by atoms with Crippen LogP contribution in [0.2, 0.25) is 0 Å². The molecule has 3 heteroatoms. The Kier molecular flexibility index (Phi) is 1.74. The topological polar surface area (TPSA) is 37.3 Å². The molecule has 1 rings (SSSR count). The van der Waals surface area contributed by atoms with Gasteiger partial charge in [-0.05, 0) is 17.3 Å². The predicted octanol–water partition coefficient (Wildman–Crippen LogP) is -0.201. The highest BCUT2D eigenvalue weighted by Gasteiger charge is 1.87. The Morgan fingerprint density at radius 2 is 1.78 bits per heavy atom. The Bertz CT molecular complexity index is 205. The lowest BCUT2D eigenvalue weighted by molar-refractivity contribution is 0.475. The van der Waals surface area contributed by atoms with E-state index in [1.165, 1.54) is 12.1 Å². The Labute approximate surface area is 55.0 Å². The minimum Gasteiger partial charge on any atom is -0.508 e. The molecule has 0 aliphatic carbocycles. The summed E-state index contributed by atoms with van der Waals surface area (Å²) in [7, 11) is -0.860. The first-order chi connectivity index (χ1) is 4.33. The summed E-state index contributed by atoms with van der Waals surface area (Å²) in [6, 6.07) is 6.36. The quantitative estimate of drug-likeness (QED) is 0.546. The van der Waals surface area contributed by atoms with Gasteiger partial charge in [0.05, 0.1) is 0 Å². The minimum atomic E-state index is -0.860. The first-order valence-corrected chi connectivity index (χ1v) is 3.62. The molecule has 0 amide bonds. The third-order valence-corrected chi connectivity index (χ3v) is 1.69. The number of hydrogen-bond acceptors (Lipinski definition) is 2. The van der Waals surface area contributed by atoms with Crippen LogP contribution in [0.15, 0.2) is 24.3 Å². The fourth-order valence-electron chi connectivity index (χ4n) is 0.553. The highest BCUT2D eigenvalue weighted by Crippen LogP contribution is 2.01. The van der Waals surface area contributed by atoms with E-state index < -0.39 is 9.41 Å². The second-order valence-electron chi connectivity index (χ2n) is 1.71. The van der Waals surface area contributed by atoms with Crippen LogP contribution in [-0.2, 0) is 4.46 Å². The van der Waals surface area contributed by atoms with Crippen molar-refractivity contribution in [1.29, 1.82) is 0 Å². The lowest BCUT2D eigenvalue weighted by Gasteiger charge is -1.88. The third kappa shape index (κ3) is 1.47. The third-order valence-electron chi connectivity index (χ3n) is 1.03. The van der Waals surface area contributed by atoms with E-state index >= 15 is 0 Å². The first-order valence-electron chi connectivity index (χ1n) is 2.57. The molecule has 0 aromatic heterocycles. The number of phenols is 1. The standard InChI is InChI=1S/C6H6O2Si/c7-5-1-3-6(9-8)4-2-5/h1-4,7,9H. The maximum atomic E-state index is 10.2. The van der Waals surface area contributed by atoms with Crippen molar-refractivity contribution in [3.05, 3.63) is 24.3 Å². The summed E-state index contributed by atoms with van der Waals surface area (Å²) in [5.74, 6) is 0.214. The van der Waals surface area contributed by atoms with Gasteiger partial charge in [0, 0.05) is 0 Å². The molecule has 0 unspecified atom stereocenters. The van der Waals surface area contributed by atoms with E-state index in [1.54, 1.807) is 12.1 Å². The van der Waals surface area contributed by atoms with Crippen LogP contribution in [0.5, 0.6) is 5.75 Å². The predicted molar refractivity (Wildman–Crippen MR) is 35.6 cm³/mol. The molecule has 0 radical (unpaired) electrons. The second kappa shape index (κ2) is 2.55. The van der Waals surface area contributed by atoms with Gasteiger partial charge in [-0.25, -0.2) is 0 Å². The highest BCUT2D eigenvalue weighted by molar-refractivity contribution is 6.38. The average Bonchev–Trinajstić information content (AvgIpc) is 1.90. The summed E-state index contributed by atoms with van der Waals surface area (Å²) in [5.41, 5.74) is 0. The minimum absolute atomic E-state index is 0.214. The zero-order valence-electron chi connectivity index (χ0n) is 4.74. The number of rotatable bonds is 1. The smallest absolute Gasteiger partial charge is 0.296 e. The molecule has 0 saturated carbocycles. The van der Waals surface area contributed by atoms with Gasteiger partial charge in [0.25, 0.3) is 9.41 Å². The van der Waals surface area contributed by atoms with Crippen LogP contribution in [0.3, 0.4) is 0 Å². The molecule has 0 aliphatic heterocycles. The van der Waals surface area contributed by atoms with Crippen LogP contribution in [-0.4, -0.2) is 14.5 Å². The van der Waals surface area contributed by atoms with Crippen molar-refractivity contribution in [2.45, 2.75) is 0 Å². The van der Waals surface area contributed by atoms with Crippen LogP contribution in [0.25, 0.3) is 0 Å². The summed E-state index contributed by atoms with van der Waals surface area (Å²) in [5, 5.41) is 9.54. The van der Waals surface area contributed by atoms with Gasteiger partial charge >= 0.3 is 0 Å². The van der Waals surface area contributed by atoms with E-state index in [2.05, 4.69) is 0 Å².